The van der Waals surface area contributed by atoms with Crippen molar-refractivity contribution in [3.8, 4) is 0 Å². The fourth-order valence-corrected chi connectivity index (χ4v) is 3.73. The summed E-state index contributed by atoms with van der Waals surface area (Å²) in [5.41, 5.74) is 2.81. The molecule has 1 amide bonds. The van der Waals surface area contributed by atoms with E-state index in [0.29, 0.717) is 22.4 Å². The van der Waals surface area contributed by atoms with E-state index in [0.717, 1.165) is 23.1 Å². The Morgan fingerprint density at radius 1 is 1.19 bits per heavy atom. The zero-order valence-corrected chi connectivity index (χ0v) is 15.3. The molecule has 5 nitrogen and oxygen atoms in total. The molecule has 0 atom stereocenters. The fraction of sp³-hybridized carbons (Fsp3) is 0.105. The molecule has 1 N–H and O–H groups in total. The van der Waals surface area contributed by atoms with Crippen LogP contribution in [0.1, 0.15) is 15.4 Å². The van der Waals surface area contributed by atoms with Crippen LogP contribution in [0.4, 0.5) is 5.95 Å². The maximum absolute atomic E-state index is 12.5. The van der Waals surface area contributed by atoms with E-state index in [2.05, 4.69) is 15.3 Å². The molecule has 3 heterocycles. The zero-order valence-electron chi connectivity index (χ0n) is 13.7. The Morgan fingerprint density at radius 3 is 2.81 bits per heavy atom. The summed E-state index contributed by atoms with van der Waals surface area (Å²) in [7, 11) is 0. The minimum atomic E-state index is -0.212. The van der Waals surface area contributed by atoms with Crippen molar-refractivity contribution in [3.63, 3.8) is 0 Å². The van der Waals surface area contributed by atoms with Crippen molar-refractivity contribution in [2.24, 2.45) is 0 Å². The molecule has 3 aromatic heterocycles. The van der Waals surface area contributed by atoms with Crippen molar-refractivity contribution >= 4 is 45.8 Å². The molecule has 7 heteroatoms. The van der Waals surface area contributed by atoms with E-state index in [-0.39, 0.29) is 5.91 Å². The predicted molar refractivity (Wildman–Crippen MR) is 105 cm³/mol. The molecule has 0 unspecified atom stereocenters. The largest absolute Gasteiger partial charge is 0.310 e. The first kappa shape index (κ1) is 16.8. The van der Waals surface area contributed by atoms with Gasteiger partial charge in [-0.1, -0.05) is 29.8 Å². The quantitative estimate of drug-likeness (QED) is 0.547. The van der Waals surface area contributed by atoms with E-state index in [9.17, 15) is 4.79 Å². The number of aromatic nitrogens is 3. The monoisotopic (exact) mass is 382 g/mol. The number of hydrogen-bond acceptors (Lipinski definition) is 4. The lowest BCUT2D eigenvalue weighted by atomic mass is 10.2. The van der Waals surface area contributed by atoms with E-state index < -0.39 is 0 Å². The number of imidazole rings is 1. The number of para-hydroxylation sites is 2. The van der Waals surface area contributed by atoms with Gasteiger partial charge in [0.1, 0.15) is 0 Å². The van der Waals surface area contributed by atoms with Crippen LogP contribution in [0.25, 0.3) is 11.0 Å². The second-order valence-corrected chi connectivity index (χ2v) is 7.08. The van der Waals surface area contributed by atoms with Gasteiger partial charge < -0.3 is 4.57 Å². The van der Waals surface area contributed by atoms with Crippen molar-refractivity contribution in [2.45, 2.75) is 13.0 Å². The first-order valence-electron chi connectivity index (χ1n) is 8.11. The van der Waals surface area contributed by atoms with Crippen molar-refractivity contribution in [1.82, 2.24) is 14.5 Å². The van der Waals surface area contributed by atoms with Crippen LogP contribution in [-0.4, -0.2) is 20.4 Å². The Balaban J connectivity index is 1.64. The average Bonchev–Trinajstić information content (AvgIpc) is 3.24. The SMILES string of the molecule is O=C(Nc1nc2ccccc2n1CCc1ccccn1)c1cc(Cl)cs1. The van der Waals surface area contributed by atoms with Crippen molar-refractivity contribution in [3.05, 3.63) is 75.7 Å². The highest BCUT2D eigenvalue weighted by molar-refractivity contribution is 7.12. The van der Waals surface area contributed by atoms with Crippen LogP contribution >= 0.6 is 22.9 Å². The van der Waals surface area contributed by atoms with Crippen molar-refractivity contribution in [2.75, 3.05) is 5.32 Å². The Hall–Kier alpha value is -2.70. The summed E-state index contributed by atoms with van der Waals surface area (Å²) in [6.45, 7) is 0.665. The average molecular weight is 383 g/mol. The second-order valence-electron chi connectivity index (χ2n) is 5.73. The third-order valence-corrected chi connectivity index (χ3v) is 5.27. The van der Waals surface area contributed by atoms with Crippen LogP contribution in [0, 0.1) is 0 Å². The molecule has 0 saturated carbocycles. The highest BCUT2D eigenvalue weighted by atomic mass is 35.5. The van der Waals surface area contributed by atoms with Crippen LogP contribution in [0.2, 0.25) is 5.02 Å². The summed E-state index contributed by atoms with van der Waals surface area (Å²) in [6, 6.07) is 15.3. The molecule has 4 aromatic rings. The number of thiophene rings is 1. The summed E-state index contributed by atoms with van der Waals surface area (Å²) in [4.78, 5) is 22.0. The number of nitrogens with one attached hydrogen (secondary N) is 1. The first-order chi connectivity index (χ1) is 12.7. The van der Waals surface area contributed by atoms with Crippen molar-refractivity contribution in [1.29, 1.82) is 0 Å². The number of carbonyl (C=O) groups is 1. The minimum Gasteiger partial charge on any atom is -0.310 e. The normalized spacial score (nSPS) is 11.0. The lowest BCUT2D eigenvalue weighted by Gasteiger charge is -2.09. The standard InChI is InChI=1S/C19H15ClN4OS/c20-13-11-17(26-12-13)18(25)23-19-22-15-6-1-2-7-16(15)24(19)10-8-14-5-3-4-9-21-14/h1-7,9,11-12H,8,10H2,(H,22,23,25). The number of nitrogens with zero attached hydrogens (tertiary/aromatic N) is 3. The van der Waals surface area contributed by atoms with Gasteiger partial charge in [-0.3, -0.25) is 15.1 Å². The molecule has 0 aliphatic carbocycles. The lowest BCUT2D eigenvalue weighted by molar-refractivity contribution is 0.102. The number of amides is 1. The number of benzene rings is 1. The summed E-state index contributed by atoms with van der Waals surface area (Å²) in [5, 5.41) is 5.21. The van der Waals surface area contributed by atoms with Crippen LogP contribution in [0.15, 0.2) is 60.1 Å². The fourth-order valence-electron chi connectivity index (χ4n) is 2.76. The maximum Gasteiger partial charge on any atom is 0.268 e. The Morgan fingerprint density at radius 2 is 2.04 bits per heavy atom. The number of anilines is 1. The Bertz CT molecular complexity index is 1060. The first-order valence-corrected chi connectivity index (χ1v) is 9.37. The molecular weight excluding hydrogens is 368 g/mol. The van der Waals surface area contributed by atoms with Crippen LogP contribution in [-0.2, 0) is 13.0 Å². The highest BCUT2D eigenvalue weighted by Crippen LogP contribution is 2.23. The molecule has 0 aliphatic rings. The Kier molecular flexibility index (Phi) is 4.69. The van der Waals surface area contributed by atoms with Crippen LogP contribution < -0.4 is 5.32 Å². The van der Waals surface area contributed by atoms with Crippen molar-refractivity contribution < 1.29 is 4.79 Å². The Labute approximate surface area is 159 Å². The molecule has 0 bridgehead atoms. The summed E-state index contributed by atoms with van der Waals surface area (Å²) in [6.07, 6.45) is 2.53. The highest BCUT2D eigenvalue weighted by Gasteiger charge is 2.15. The van der Waals surface area contributed by atoms with Gasteiger partial charge in [0.05, 0.1) is 20.9 Å². The topological polar surface area (TPSA) is 59.8 Å². The van der Waals surface area contributed by atoms with E-state index in [4.69, 9.17) is 11.6 Å². The maximum atomic E-state index is 12.5. The molecule has 130 valence electrons. The van der Waals surface area contributed by atoms with Crippen LogP contribution in [0.3, 0.4) is 0 Å². The zero-order chi connectivity index (χ0) is 17.9. The summed E-state index contributed by atoms with van der Waals surface area (Å²) >= 11 is 7.23. The van der Waals surface area contributed by atoms with Gasteiger partial charge in [-0.15, -0.1) is 11.3 Å². The lowest BCUT2D eigenvalue weighted by Crippen LogP contribution is -2.15. The van der Waals surface area contributed by atoms with Gasteiger partial charge in [0.15, 0.2) is 0 Å². The third-order valence-electron chi connectivity index (χ3n) is 3.99. The van der Waals surface area contributed by atoms with Gasteiger partial charge >= 0.3 is 0 Å². The molecule has 0 fully saturated rings. The molecule has 1 aromatic carbocycles. The van der Waals surface area contributed by atoms with Gasteiger partial charge in [-0.2, -0.15) is 0 Å². The van der Waals surface area contributed by atoms with E-state index >= 15 is 0 Å². The number of hydrogen-bond donors (Lipinski definition) is 1. The second kappa shape index (κ2) is 7.27. The van der Waals surface area contributed by atoms with Gasteiger partial charge in [0.25, 0.3) is 5.91 Å². The summed E-state index contributed by atoms with van der Waals surface area (Å²) < 4.78 is 2.01. The third kappa shape index (κ3) is 3.47. The minimum absolute atomic E-state index is 0.212. The van der Waals surface area contributed by atoms with E-state index in [1.54, 1.807) is 17.6 Å². The van der Waals surface area contributed by atoms with Gasteiger partial charge in [0, 0.05) is 30.2 Å². The molecule has 0 aliphatic heterocycles. The number of carbonyl (C=O) groups excluding carboxylic acids is 1. The number of rotatable bonds is 5. The summed E-state index contributed by atoms with van der Waals surface area (Å²) in [5.74, 6) is 0.313. The van der Waals surface area contributed by atoms with Gasteiger partial charge in [-0.25, -0.2) is 4.98 Å². The predicted octanol–water partition coefficient (Wildman–Crippen LogP) is 4.64. The molecule has 26 heavy (non-hydrogen) atoms. The van der Waals surface area contributed by atoms with Crippen LogP contribution in [0.5, 0.6) is 0 Å². The molecule has 0 radical (unpaired) electrons. The van der Waals surface area contributed by atoms with Gasteiger partial charge in [0.2, 0.25) is 5.95 Å². The molecule has 4 rings (SSSR count). The molecule has 0 spiro atoms. The van der Waals surface area contributed by atoms with Gasteiger partial charge in [-0.05, 0) is 30.3 Å². The molecule has 0 saturated heterocycles. The number of fused-ring (bicyclic) bond motifs is 1. The number of aryl methyl sites for hydroxylation is 2. The number of pyridine rings is 1. The molecular formula is C19H15ClN4OS. The van der Waals surface area contributed by atoms with E-state index in [1.165, 1.54) is 11.3 Å². The van der Waals surface area contributed by atoms with E-state index in [1.807, 2.05) is 47.0 Å². The smallest absolute Gasteiger partial charge is 0.268 e. The number of halogens is 1.